The summed E-state index contributed by atoms with van der Waals surface area (Å²) in [4.78, 5) is 40.0. The Labute approximate surface area is 237 Å². The van der Waals surface area contributed by atoms with Crippen LogP contribution in [0.3, 0.4) is 0 Å². The number of nitrogens with zero attached hydrogens (tertiary/aromatic N) is 5. The van der Waals surface area contributed by atoms with Gasteiger partial charge in [0.2, 0.25) is 11.9 Å². The zero-order valence-corrected chi connectivity index (χ0v) is 23.3. The van der Waals surface area contributed by atoms with E-state index < -0.39 is 0 Å². The number of rotatable bonds is 7. The van der Waals surface area contributed by atoms with Gasteiger partial charge in [0.1, 0.15) is 0 Å². The molecular weight excluding hydrogens is 516 g/mol. The fourth-order valence-electron chi connectivity index (χ4n) is 5.18. The second-order valence-electron chi connectivity index (χ2n) is 10.0. The maximum atomic E-state index is 13.6. The normalized spacial score (nSPS) is 12.9. The Morgan fingerprint density at radius 1 is 1.15 bits per heavy atom. The van der Waals surface area contributed by atoms with Gasteiger partial charge in [0, 0.05) is 60.3 Å². The molecule has 0 bridgehead atoms. The number of aryl methyl sites for hydroxylation is 3. The van der Waals surface area contributed by atoms with E-state index in [-0.39, 0.29) is 11.8 Å². The van der Waals surface area contributed by atoms with E-state index in [4.69, 9.17) is 4.98 Å². The summed E-state index contributed by atoms with van der Waals surface area (Å²) in [6.07, 6.45) is 6.99. The fraction of sp³-hybridized carbons (Fsp3) is 0.194. The molecule has 1 aliphatic rings. The zero-order valence-electron chi connectivity index (χ0n) is 23.3. The summed E-state index contributed by atoms with van der Waals surface area (Å²) in [7, 11) is 1.89. The van der Waals surface area contributed by atoms with Crippen LogP contribution in [0.1, 0.15) is 39.7 Å². The molecule has 10 nitrogen and oxygen atoms in total. The number of fused-ring (bicyclic) bond motifs is 2. The number of aromatic amines is 1. The molecule has 3 aromatic heterocycles. The summed E-state index contributed by atoms with van der Waals surface area (Å²) in [5.74, 6) is 0.886. The fourth-order valence-corrected chi connectivity index (χ4v) is 5.18. The van der Waals surface area contributed by atoms with Gasteiger partial charge in [-0.25, -0.2) is 9.97 Å². The van der Waals surface area contributed by atoms with Gasteiger partial charge in [-0.15, -0.1) is 0 Å². The summed E-state index contributed by atoms with van der Waals surface area (Å²) in [6.45, 7) is 6.79. The van der Waals surface area contributed by atoms with Crippen LogP contribution in [0, 0.1) is 13.8 Å². The first-order valence-corrected chi connectivity index (χ1v) is 13.5. The molecule has 0 atom stereocenters. The number of carbonyl (C=O) groups excluding carboxylic acids is 2. The highest BCUT2D eigenvalue weighted by molar-refractivity contribution is 6.15. The molecule has 206 valence electrons. The number of H-pyrrole nitrogens is 1. The lowest BCUT2D eigenvalue weighted by Crippen LogP contribution is -2.23. The Morgan fingerprint density at radius 2 is 1.98 bits per heavy atom. The molecular formula is C31H30N8O2. The molecule has 0 saturated heterocycles. The number of anilines is 3. The van der Waals surface area contributed by atoms with Gasteiger partial charge >= 0.3 is 0 Å². The SMILES string of the molecule is CCNC(=O)/C=C/c1cccc2c1CN(c1cccc3c(-c4nc(Nc5cc(C)n(C)n5)ncc4C)c[nH]c13)C2=O. The summed E-state index contributed by atoms with van der Waals surface area (Å²) in [5, 5.41) is 11.3. The quantitative estimate of drug-likeness (QED) is 0.246. The average Bonchev–Trinajstić information content (AvgIpc) is 3.63. The Hall–Kier alpha value is -5.25. The molecule has 0 aliphatic carbocycles. The van der Waals surface area contributed by atoms with E-state index in [0.717, 1.165) is 50.2 Å². The minimum atomic E-state index is -0.163. The number of para-hydroxylation sites is 1. The van der Waals surface area contributed by atoms with E-state index in [9.17, 15) is 9.59 Å². The van der Waals surface area contributed by atoms with Crippen molar-refractivity contribution in [2.45, 2.75) is 27.3 Å². The Morgan fingerprint density at radius 3 is 2.76 bits per heavy atom. The smallest absolute Gasteiger partial charge is 0.259 e. The molecule has 10 heteroatoms. The number of nitrogens with one attached hydrogen (secondary N) is 3. The van der Waals surface area contributed by atoms with E-state index in [1.165, 1.54) is 6.08 Å². The third-order valence-electron chi connectivity index (χ3n) is 7.33. The first-order chi connectivity index (χ1) is 19.8. The van der Waals surface area contributed by atoms with Crippen molar-refractivity contribution in [3.05, 3.63) is 88.9 Å². The molecule has 0 saturated carbocycles. The molecule has 0 radical (unpaired) electrons. The molecule has 2 aromatic carbocycles. The van der Waals surface area contributed by atoms with Crippen LogP contribution in [0.4, 0.5) is 17.5 Å². The number of amides is 2. The van der Waals surface area contributed by atoms with Crippen molar-refractivity contribution in [3.63, 3.8) is 0 Å². The van der Waals surface area contributed by atoms with Crippen molar-refractivity contribution < 1.29 is 9.59 Å². The third-order valence-corrected chi connectivity index (χ3v) is 7.33. The second-order valence-corrected chi connectivity index (χ2v) is 10.0. The van der Waals surface area contributed by atoms with Gasteiger partial charge in [0.25, 0.3) is 5.91 Å². The minimum absolute atomic E-state index is 0.0766. The van der Waals surface area contributed by atoms with E-state index in [1.54, 1.807) is 21.9 Å². The zero-order chi connectivity index (χ0) is 28.7. The summed E-state index contributed by atoms with van der Waals surface area (Å²) in [6, 6.07) is 13.5. The second kappa shape index (κ2) is 10.4. The summed E-state index contributed by atoms with van der Waals surface area (Å²) in [5.41, 5.74) is 7.65. The lowest BCUT2D eigenvalue weighted by Gasteiger charge is -2.17. The molecule has 5 aromatic rings. The lowest BCUT2D eigenvalue weighted by atomic mass is 10.0. The van der Waals surface area contributed by atoms with Crippen LogP contribution in [0.2, 0.25) is 0 Å². The van der Waals surface area contributed by atoms with E-state index in [0.29, 0.717) is 30.4 Å². The van der Waals surface area contributed by atoms with Crippen LogP contribution in [-0.4, -0.2) is 43.1 Å². The molecule has 1 aliphatic heterocycles. The maximum absolute atomic E-state index is 13.6. The minimum Gasteiger partial charge on any atom is -0.359 e. The summed E-state index contributed by atoms with van der Waals surface area (Å²) >= 11 is 0. The Balaban J connectivity index is 1.34. The molecule has 6 rings (SSSR count). The van der Waals surface area contributed by atoms with Crippen LogP contribution in [0.5, 0.6) is 0 Å². The highest BCUT2D eigenvalue weighted by Crippen LogP contribution is 2.38. The van der Waals surface area contributed by atoms with Crippen LogP contribution in [0.15, 0.2) is 60.9 Å². The molecule has 0 unspecified atom stereocenters. The van der Waals surface area contributed by atoms with Gasteiger partial charge < -0.3 is 20.5 Å². The van der Waals surface area contributed by atoms with Gasteiger partial charge in [-0.1, -0.05) is 24.3 Å². The third kappa shape index (κ3) is 4.73. The molecule has 2 amide bonds. The van der Waals surface area contributed by atoms with Crippen molar-refractivity contribution >= 4 is 46.2 Å². The number of hydrogen-bond donors (Lipinski definition) is 3. The van der Waals surface area contributed by atoms with Gasteiger partial charge in [-0.3, -0.25) is 14.3 Å². The molecule has 3 N–H and O–H groups in total. The predicted molar refractivity (Wildman–Crippen MR) is 160 cm³/mol. The van der Waals surface area contributed by atoms with E-state index in [1.807, 2.05) is 76.5 Å². The molecule has 0 fully saturated rings. The van der Waals surface area contributed by atoms with Crippen molar-refractivity contribution in [3.8, 4) is 11.3 Å². The molecule has 41 heavy (non-hydrogen) atoms. The van der Waals surface area contributed by atoms with E-state index in [2.05, 4.69) is 25.7 Å². The number of benzene rings is 2. The van der Waals surface area contributed by atoms with Crippen molar-refractivity contribution in [1.82, 2.24) is 30.0 Å². The highest BCUT2D eigenvalue weighted by atomic mass is 16.2. The first-order valence-electron chi connectivity index (χ1n) is 13.5. The number of carbonyl (C=O) groups is 2. The van der Waals surface area contributed by atoms with Gasteiger partial charge in [-0.05, 0) is 55.7 Å². The van der Waals surface area contributed by atoms with Crippen LogP contribution in [0.25, 0.3) is 28.2 Å². The highest BCUT2D eigenvalue weighted by Gasteiger charge is 2.31. The number of aromatic nitrogens is 5. The molecule has 0 spiro atoms. The van der Waals surface area contributed by atoms with Crippen LogP contribution in [-0.2, 0) is 18.4 Å². The maximum Gasteiger partial charge on any atom is 0.259 e. The monoisotopic (exact) mass is 546 g/mol. The van der Waals surface area contributed by atoms with Gasteiger partial charge in [0.15, 0.2) is 5.82 Å². The van der Waals surface area contributed by atoms with Crippen LogP contribution < -0.4 is 15.5 Å². The predicted octanol–water partition coefficient (Wildman–Crippen LogP) is 5.03. The topological polar surface area (TPSA) is 121 Å². The average molecular weight is 547 g/mol. The van der Waals surface area contributed by atoms with Gasteiger partial charge in [-0.2, -0.15) is 5.10 Å². The van der Waals surface area contributed by atoms with Crippen molar-refractivity contribution in [2.75, 3.05) is 16.8 Å². The molecule has 4 heterocycles. The van der Waals surface area contributed by atoms with Crippen molar-refractivity contribution in [2.24, 2.45) is 7.05 Å². The lowest BCUT2D eigenvalue weighted by molar-refractivity contribution is -0.116. The standard InChI is InChI=1S/C31H30N8O2/c1-5-32-27(40)13-12-20-8-6-10-22-24(20)17-39(30(22)41)25-11-7-9-21-23(16-33-29(21)25)28-18(2)15-34-31(36-28)35-26-14-19(3)38(4)37-26/h6-16,33H,5,17H2,1-4H3,(H,32,40)(H,34,35,36,37)/b13-12+. The first kappa shape index (κ1) is 26.0. The van der Waals surface area contributed by atoms with Crippen molar-refractivity contribution in [1.29, 1.82) is 0 Å². The Bertz CT molecular complexity index is 1830. The van der Waals surface area contributed by atoms with Crippen LogP contribution >= 0.6 is 0 Å². The number of hydrogen-bond acceptors (Lipinski definition) is 6. The van der Waals surface area contributed by atoms with E-state index >= 15 is 0 Å². The largest absolute Gasteiger partial charge is 0.359 e. The Kier molecular flexibility index (Phi) is 6.58. The summed E-state index contributed by atoms with van der Waals surface area (Å²) < 4.78 is 1.79. The van der Waals surface area contributed by atoms with Gasteiger partial charge in [0.05, 0.1) is 23.4 Å². The number of likely N-dealkylation sites (N-methyl/N-ethyl adjacent to an activating group) is 1.